The second kappa shape index (κ2) is 7.34. The normalized spacial score (nSPS) is 11.7. The van der Waals surface area contributed by atoms with Crippen LogP contribution in [0.3, 0.4) is 0 Å². The van der Waals surface area contributed by atoms with Gasteiger partial charge in [-0.2, -0.15) is 0 Å². The molecule has 2 nitrogen and oxygen atoms in total. The smallest absolute Gasteiger partial charge is 0.0689 e. The zero-order valence-electron chi connectivity index (χ0n) is 13.1. The van der Waals surface area contributed by atoms with Crippen molar-refractivity contribution in [1.82, 2.24) is 0 Å². The number of hydrogen-bond acceptors (Lipinski definition) is 2. The van der Waals surface area contributed by atoms with Gasteiger partial charge in [-0.15, -0.1) is 0 Å². The molecule has 2 rings (SSSR count). The second-order valence-electron chi connectivity index (χ2n) is 5.33. The molecule has 0 aliphatic rings. The summed E-state index contributed by atoms with van der Waals surface area (Å²) in [6, 6.07) is 8.28. The van der Waals surface area contributed by atoms with Gasteiger partial charge in [0.05, 0.1) is 11.4 Å². The van der Waals surface area contributed by atoms with Gasteiger partial charge >= 0.3 is 0 Å². The van der Waals surface area contributed by atoms with Crippen LogP contribution in [-0.2, 0) is 0 Å². The number of halogens is 2. The molecule has 0 N–H and O–H groups in total. The van der Waals surface area contributed by atoms with Crippen LogP contribution in [0, 0.1) is 27.7 Å². The maximum absolute atomic E-state index is 4.53. The van der Waals surface area contributed by atoms with E-state index in [0.29, 0.717) is 0 Å². The molecule has 0 spiro atoms. The van der Waals surface area contributed by atoms with Crippen LogP contribution >= 0.6 is 31.9 Å². The summed E-state index contributed by atoms with van der Waals surface area (Å²) in [5.41, 5.74) is 6.58. The molecule has 0 amide bonds. The number of benzene rings is 2. The van der Waals surface area contributed by atoms with Crippen LogP contribution in [0.5, 0.6) is 0 Å². The summed E-state index contributed by atoms with van der Waals surface area (Å²) in [7, 11) is 0. The first-order valence-electron chi connectivity index (χ1n) is 6.98. The Morgan fingerprint density at radius 2 is 0.909 bits per heavy atom. The Balaban J connectivity index is 2.24. The highest BCUT2D eigenvalue weighted by Crippen LogP contribution is 2.28. The Hall–Kier alpha value is -1.26. The summed E-state index contributed by atoms with van der Waals surface area (Å²) >= 11 is 7.00. The van der Waals surface area contributed by atoms with E-state index in [1.165, 1.54) is 0 Å². The predicted octanol–water partition coefficient (Wildman–Crippen LogP) is 6.55. The van der Waals surface area contributed by atoms with Crippen LogP contribution in [-0.4, -0.2) is 12.4 Å². The van der Waals surface area contributed by atoms with Crippen LogP contribution in [0.1, 0.15) is 22.3 Å². The Morgan fingerprint density at radius 1 is 0.636 bits per heavy atom. The zero-order chi connectivity index (χ0) is 16.3. The lowest BCUT2D eigenvalue weighted by Gasteiger charge is -2.05. The van der Waals surface area contributed by atoms with E-state index in [1.807, 2.05) is 0 Å². The van der Waals surface area contributed by atoms with Gasteiger partial charge in [0.15, 0.2) is 0 Å². The fourth-order valence-corrected chi connectivity index (χ4v) is 3.80. The van der Waals surface area contributed by atoms with Crippen LogP contribution in [0.4, 0.5) is 11.4 Å². The Morgan fingerprint density at radius 3 is 1.18 bits per heavy atom. The van der Waals surface area contributed by atoms with Gasteiger partial charge in [0.1, 0.15) is 0 Å². The molecule has 0 saturated heterocycles. The van der Waals surface area contributed by atoms with Crippen molar-refractivity contribution in [3.8, 4) is 0 Å². The van der Waals surface area contributed by atoms with Gasteiger partial charge in [0, 0.05) is 21.4 Å². The number of hydrogen-bond donors (Lipinski definition) is 0. The highest BCUT2D eigenvalue weighted by molar-refractivity contribution is 9.10. The standard InChI is InChI=1S/C18H18Br2N2/c1-11-7-15(19)8-12(2)17(11)21-5-6-22-18-13(3)9-16(20)10-14(18)4/h5-10H,1-4H3. The predicted molar refractivity (Wildman–Crippen MR) is 104 cm³/mol. The first-order chi connectivity index (χ1) is 10.4. The average molecular weight is 422 g/mol. The largest absolute Gasteiger partial charge is 0.255 e. The van der Waals surface area contributed by atoms with Crippen LogP contribution < -0.4 is 0 Å². The molecule has 0 fully saturated rings. The fourth-order valence-electron chi connectivity index (χ4n) is 2.43. The molecular formula is C18H18Br2N2. The quantitative estimate of drug-likeness (QED) is 0.502. The van der Waals surface area contributed by atoms with Crippen LogP contribution in [0.15, 0.2) is 43.2 Å². The van der Waals surface area contributed by atoms with Crippen molar-refractivity contribution in [3.05, 3.63) is 55.5 Å². The molecular weight excluding hydrogens is 404 g/mol. The fraction of sp³-hybridized carbons (Fsp3) is 0.222. The van der Waals surface area contributed by atoms with Crippen molar-refractivity contribution in [2.75, 3.05) is 0 Å². The lowest BCUT2D eigenvalue weighted by molar-refractivity contribution is 1.32. The summed E-state index contributed by atoms with van der Waals surface area (Å²) in [5.74, 6) is 0. The molecule has 2 aromatic carbocycles. The molecule has 22 heavy (non-hydrogen) atoms. The number of aliphatic imine (C=N–C) groups is 2. The lowest BCUT2D eigenvalue weighted by Crippen LogP contribution is -1.85. The SMILES string of the molecule is Cc1cc(Br)cc(C)c1N=CC=Nc1c(C)cc(Br)cc1C. The molecule has 0 unspecified atom stereocenters. The monoisotopic (exact) mass is 420 g/mol. The molecule has 0 aromatic heterocycles. The van der Waals surface area contributed by atoms with E-state index in [2.05, 4.69) is 93.8 Å². The van der Waals surface area contributed by atoms with Crippen molar-refractivity contribution in [1.29, 1.82) is 0 Å². The van der Waals surface area contributed by atoms with Gasteiger partial charge in [-0.3, -0.25) is 9.98 Å². The van der Waals surface area contributed by atoms with Gasteiger partial charge in [0.2, 0.25) is 0 Å². The number of nitrogens with zero attached hydrogens (tertiary/aromatic N) is 2. The van der Waals surface area contributed by atoms with E-state index in [4.69, 9.17) is 0 Å². The molecule has 2 aromatic rings. The molecule has 114 valence electrons. The van der Waals surface area contributed by atoms with E-state index < -0.39 is 0 Å². The van der Waals surface area contributed by atoms with Gasteiger partial charge < -0.3 is 0 Å². The topological polar surface area (TPSA) is 24.7 Å². The zero-order valence-corrected chi connectivity index (χ0v) is 16.3. The van der Waals surface area contributed by atoms with Gasteiger partial charge in [-0.05, 0) is 74.2 Å². The third-order valence-corrected chi connectivity index (χ3v) is 4.30. The molecule has 0 aliphatic carbocycles. The van der Waals surface area contributed by atoms with E-state index in [0.717, 1.165) is 42.6 Å². The van der Waals surface area contributed by atoms with Crippen molar-refractivity contribution in [2.45, 2.75) is 27.7 Å². The minimum Gasteiger partial charge on any atom is -0.255 e. The third-order valence-electron chi connectivity index (χ3n) is 3.39. The highest BCUT2D eigenvalue weighted by atomic mass is 79.9. The second-order valence-corrected chi connectivity index (χ2v) is 7.16. The minimum absolute atomic E-state index is 0.999. The first kappa shape index (κ1) is 17.1. The van der Waals surface area contributed by atoms with Crippen molar-refractivity contribution in [3.63, 3.8) is 0 Å². The van der Waals surface area contributed by atoms with E-state index in [1.54, 1.807) is 12.4 Å². The van der Waals surface area contributed by atoms with Crippen molar-refractivity contribution >= 4 is 55.7 Å². The molecule has 0 atom stereocenters. The van der Waals surface area contributed by atoms with Crippen molar-refractivity contribution in [2.24, 2.45) is 9.98 Å². The summed E-state index contributed by atoms with van der Waals surface area (Å²) in [4.78, 5) is 9.07. The molecule has 0 aliphatic heterocycles. The van der Waals surface area contributed by atoms with E-state index >= 15 is 0 Å². The third kappa shape index (κ3) is 4.14. The van der Waals surface area contributed by atoms with Gasteiger partial charge in [-0.1, -0.05) is 31.9 Å². The Bertz CT molecular complexity index is 650. The molecule has 0 saturated carbocycles. The summed E-state index contributed by atoms with van der Waals surface area (Å²) < 4.78 is 2.16. The summed E-state index contributed by atoms with van der Waals surface area (Å²) in [6.45, 7) is 8.24. The minimum atomic E-state index is 0.999. The van der Waals surface area contributed by atoms with Gasteiger partial charge in [0.25, 0.3) is 0 Å². The first-order valence-corrected chi connectivity index (χ1v) is 8.57. The maximum Gasteiger partial charge on any atom is 0.0689 e. The molecule has 0 bridgehead atoms. The van der Waals surface area contributed by atoms with Gasteiger partial charge in [-0.25, -0.2) is 0 Å². The molecule has 0 heterocycles. The number of aryl methyl sites for hydroxylation is 4. The molecule has 0 radical (unpaired) electrons. The van der Waals surface area contributed by atoms with E-state index in [9.17, 15) is 0 Å². The summed E-state index contributed by atoms with van der Waals surface area (Å²) in [6.07, 6.45) is 3.51. The Kier molecular flexibility index (Phi) is 5.70. The Labute approximate surface area is 148 Å². The van der Waals surface area contributed by atoms with Crippen LogP contribution in [0.25, 0.3) is 0 Å². The highest BCUT2D eigenvalue weighted by Gasteiger charge is 2.03. The average Bonchev–Trinajstić information content (AvgIpc) is 2.38. The lowest BCUT2D eigenvalue weighted by atomic mass is 10.1. The number of rotatable bonds is 3. The van der Waals surface area contributed by atoms with E-state index in [-0.39, 0.29) is 0 Å². The molecule has 4 heteroatoms. The maximum atomic E-state index is 4.53. The van der Waals surface area contributed by atoms with Crippen molar-refractivity contribution < 1.29 is 0 Å². The summed E-state index contributed by atoms with van der Waals surface area (Å²) in [5, 5.41) is 0. The van der Waals surface area contributed by atoms with Crippen LogP contribution in [0.2, 0.25) is 0 Å².